The maximum absolute atomic E-state index is 5.59. The largest absolute Gasteiger partial charge is 0.514 e. The van der Waals surface area contributed by atoms with E-state index in [1.165, 1.54) is 0 Å². The van der Waals surface area contributed by atoms with Gasteiger partial charge in [0.2, 0.25) is 0 Å². The zero-order valence-corrected chi connectivity index (χ0v) is 20.9. The SMILES string of the molecule is CCC(SSSSC(CC)[Si](OC)(OC)OC)[Si](OC)(OC)OC. The Morgan fingerprint density at radius 2 is 0.833 bits per heavy atom. The average Bonchev–Trinajstić information content (AvgIpc) is 2.64. The van der Waals surface area contributed by atoms with Gasteiger partial charge in [-0.25, -0.2) is 0 Å². The molecule has 0 spiro atoms. The molecule has 0 heterocycles. The third-order valence-electron chi connectivity index (χ3n) is 3.58. The highest BCUT2D eigenvalue weighted by Gasteiger charge is 2.48. The van der Waals surface area contributed by atoms with Crippen molar-refractivity contribution in [2.75, 3.05) is 42.7 Å². The maximum Gasteiger partial charge on any atom is 0.514 e. The molecule has 0 aromatic heterocycles. The van der Waals surface area contributed by atoms with E-state index in [-0.39, 0.29) is 9.75 Å². The summed E-state index contributed by atoms with van der Waals surface area (Å²) in [7, 11) is 11.5. The van der Waals surface area contributed by atoms with E-state index in [2.05, 4.69) is 13.8 Å². The summed E-state index contributed by atoms with van der Waals surface area (Å²) in [5, 5.41) is 0. The summed E-state index contributed by atoms with van der Waals surface area (Å²) in [5.41, 5.74) is 0. The minimum atomic E-state index is -2.64. The molecular formula is C12H30O6S4Si2. The summed E-state index contributed by atoms with van der Waals surface area (Å²) in [5.74, 6) is 0. The van der Waals surface area contributed by atoms with Gasteiger partial charge in [0, 0.05) is 42.7 Å². The van der Waals surface area contributed by atoms with Crippen molar-refractivity contribution in [1.29, 1.82) is 0 Å². The van der Waals surface area contributed by atoms with Crippen LogP contribution in [0.2, 0.25) is 0 Å². The third kappa shape index (κ3) is 6.64. The molecule has 0 aliphatic rings. The molecule has 0 bridgehead atoms. The molecule has 0 aliphatic carbocycles. The third-order valence-corrected chi connectivity index (χ3v) is 19.6. The molecule has 0 amide bonds. The molecule has 2 atom stereocenters. The van der Waals surface area contributed by atoms with Gasteiger partial charge in [-0.15, -0.1) is 0 Å². The van der Waals surface area contributed by atoms with Crippen LogP contribution in [0, 0.1) is 0 Å². The Morgan fingerprint density at radius 1 is 0.583 bits per heavy atom. The van der Waals surface area contributed by atoms with Gasteiger partial charge in [-0.3, -0.25) is 0 Å². The van der Waals surface area contributed by atoms with Gasteiger partial charge in [-0.05, 0) is 32.5 Å². The van der Waals surface area contributed by atoms with E-state index >= 15 is 0 Å². The molecule has 0 rings (SSSR count). The Morgan fingerprint density at radius 3 is 1.00 bits per heavy atom. The highest BCUT2D eigenvalue weighted by Crippen LogP contribution is 2.50. The summed E-state index contributed by atoms with van der Waals surface area (Å²) in [6.45, 7) is 4.23. The second-order valence-electron chi connectivity index (χ2n) is 4.55. The van der Waals surface area contributed by atoms with Gasteiger partial charge in [0.25, 0.3) is 0 Å². The van der Waals surface area contributed by atoms with Crippen LogP contribution in [-0.4, -0.2) is 70.0 Å². The Labute approximate surface area is 164 Å². The summed E-state index contributed by atoms with van der Waals surface area (Å²) in [6, 6.07) is 0. The molecule has 0 N–H and O–H groups in total. The molecule has 2 unspecified atom stereocenters. The fraction of sp³-hybridized carbons (Fsp3) is 1.00. The first-order valence-electron chi connectivity index (χ1n) is 7.45. The molecule has 146 valence electrons. The van der Waals surface area contributed by atoms with Crippen molar-refractivity contribution in [2.24, 2.45) is 0 Å². The lowest BCUT2D eigenvalue weighted by atomic mass is 10.6. The van der Waals surface area contributed by atoms with E-state index in [1.54, 1.807) is 83.9 Å². The highest BCUT2D eigenvalue weighted by molar-refractivity contribution is 9.26. The number of hydrogen-bond acceptors (Lipinski definition) is 10. The molecule has 12 heteroatoms. The minimum absolute atomic E-state index is 0.171. The Bertz CT molecular complexity index is 277. The molecule has 0 aromatic carbocycles. The van der Waals surface area contributed by atoms with Crippen LogP contribution in [0.1, 0.15) is 26.7 Å². The van der Waals surface area contributed by atoms with Crippen LogP contribution in [0.5, 0.6) is 0 Å². The van der Waals surface area contributed by atoms with E-state index in [4.69, 9.17) is 26.6 Å². The Hall–Kier alpha value is 1.59. The van der Waals surface area contributed by atoms with Crippen LogP contribution in [0.15, 0.2) is 0 Å². The van der Waals surface area contributed by atoms with Crippen molar-refractivity contribution >= 4 is 58.8 Å². The van der Waals surface area contributed by atoms with Crippen LogP contribution in [0.4, 0.5) is 0 Å². The molecular weight excluding hydrogens is 425 g/mol. The molecule has 6 nitrogen and oxygen atoms in total. The van der Waals surface area contributed by atoms with Crippen LogP contribution in [0.3, 0.4) is 0 Å². The zero-order valence-electron chi connectivity index (χ0n) is 15.7. The molecule has 0 fully saturated rings. The number of rotatable bonds is 15. The predicted molar refractivity (Wildman–Crippen MR) is 112 cm³/mol. The van der Waals surface area contributed by atoms with Crippen LogP contribution in [0.25, 0.3) is 0 Å². The second-order valence-corrected chi connectivity index (χ2v) is 17.9. The quantitative estimate of drug-likeness (QED) is 0.206. The molecule has 0 saturated carbocycles. The van der Waals surface area contributed by atoms with E-state index in [0.29, 0.717) is 0 Å². The zero-order chi connectivity index (χ0) is 18.6. The average molecular weight is 455 g/mol. The van der Waals surface area contributed by atoms with Gasteiger partial charge in [0.05, 0.1) is 9.75 Å². The summed E-state index contributed by atoms with van der Waals surface area (Å²) >= 11 is 0. The van der Waals surface area contributed by atoms with Crippen LogP contribution in [-0.2, 0) is 26.6 Å². The lowest BCUT2D eigenvalue weighted by molar-refractivity contribution is 0.120. The Kier molecular flexibility index (Phi) is 14.6. The van der Waals surface area contributed by atoms with Gasteiger partial charge in [-0.2, -0.15) is 0 Å². The van der Waals surface area contributed by atoms with Crippen molar-refractivity contribution in [2.45, 2.75) is 36.4 Å². The van der Waals surface area contributed by atoms with E-state index < -0.39 is 17.6 Å². The van der Waals surface area contributed by atoms with Gasteiger partial charge < -0.3 is 26.6 Å². The number of hydrogen-bond donors (Lipinski definition) is 0. The van der Waals surface area contributed by atoms with Gasteiger partial charge in [-0.1, -0.05) is 35.4 Å². The van der Waals surface area contributed by atoms with Crippen molar-refractivity contribution < 1.29 is 26.6 Å². The molecule has 0 aliphatic heterocycles. The molecule has 0 radical (unpaired) electrons. The van der Waals surface area contributed by atoms with Crippen molar-refractivity contribution in [1.82, 2.24) is 0 Å². The fourth-order valence-electron chi connectivity index (χ4n) is 2.17. The highest BCUT2D eigenvalue weighted by atomic mass is 33.7. The maximum atomic E-state index is 5.59. The summed E-state index contributed by atoms with van der Waals surface area (Å²) in [4.78, 5) is 0.343. The van der Waals surface area contributed by atoms with Crippen LogP contribution >= 0.6 is 41.2 Å². The first-order chi connectivity index (χ1) is 11.5. The van der Waals surface area contributed by atoms with Crippen molar-refractivity contribution in [3.8, 4) is 0 Å². The van der Waals surface area contributed by atoms with E-state index in [0.717, 1.165) is 12.8 Å². The van der Waals surface area contributed by atoms with Gasteiger partial charge >= 0.3 is 17.6 Å². The second kappa shape index (κ2) is 13.7. The van der Waals surface area contributed by atoms with Gasteiger partial charge in [0.1, 0.15) is 0 Å². The van der Waals surface area contributed by atoms with Crippen molar-refractivity contribution in [3.05, 3.63) is 0 Å². The van der Waals surface area contributed by atoms with Crippen molar-refractivity contribution in [3.63, 3.8) is 0 Å². The first-order valence-corrected chi connectivity index (χ1v) is 16.0. The standard InChI is InChI=1S/C12H30O6S4Si2/c1-9-11(23(13-3,14-4)15-5)19-21-22-20-12(10-2)24(16-6,17-7)18-8/h11-12H,9-10H2,1-8H3. The van der Waals surface area contributed by atoms with E-state index in [1.807, 2.05) is 0 Å². The smallest absolute Gasteiger partial charge is 0.376 e. The molecule has 24 heavy (non-hydrogen) atoms. The molecule has 0 aromatic rings. The normalized spacial score (nSPS) is 15.5. The lowest BCUT2D eigenvalue weighted by Crippen LogP contribution is -2.52. The summed E-state index contributed by atoms with van der Waals surface area (Å²) < 4.78 is 33.5. The van der Waals surface area contributed by atoms with Crippen LogP contribution < -0.4 is 0 Å². The summed E-state index contributed by atoms with van der Waals surface area (Å²) in [6.07, 6.45) is 1.82. The Balaban J connectivity index is 4.63. The fourth-order valence-corrected chi connectivity index (χ4v) is 18.8. The molecule has 0 saturated heterocycles. The lowest BCUT2D eigenvalue weighted by Gasteiger charge is -2.31. The van der Waals surface area contributed by atoms with Gasteiger partial charge in [0.15, 0.2) is 0 Å². The first kappa shape index (κ1) is 25.6. The topological polar surface area (TPSA) is 55.4 Å². The monoisotopic (exact) mass is 454 g/mol. The predicted octanol–water partition coefficient (Wildman–Crippen LogP) is 4.06. The van der Waals surface area contributed by atoms with E-state index in [9.17, 15) is 0 Å². The minimum Gasteiger partial charge on any atom is -0.376 e.